The molecule has 3 rings (SSSR count). The van der Waals surface area contributed by atoms with Gasteiger partial charge >= 0.3 is 6.18 Å². The van der Waals surface area contributed by atoms with Crippen LogP contribution in [0.15, 0.2) is 22.7 Å². The van der Waals surface area contributed by atoms with Gasteiger partial charge in [-0.3, -0.25) is 0 Å². The van der Waals surface area contributed by atoms with Crippen LogP contribution in [0.2, 0.25) is 0 Å². The maximum absolute atomic E-state index is 13.6. The van der Waals surface area contributed by atoms with Crippen molar-refractivity contribution in [1.82, 2.24) is 15.5 Å². The fraction of sp³-hybridized carbons (Fsp3) is 0.619. The fourth-order valence-electron chi connectivity index (χ4n) is 3.68. The fourth-order valence-corrected chi connectivity index (χ4v) is 3.68. The van der Waals surface area contributed by atoms with E-state index in [1.54, 1.807) is 12.1 Å². The Morgan fingerprint density at radius 1 is 1.14 bits per heavy atom. The van der Waals surface area contributed by atoms with E-state index in [1.165, 1.54) is 6.42 Å². The molecule has 1 aromatic carbocycles. The van der Waals surface area contributed by atoms with E-state index >= 15 is 0 Å². The second kappa shape index (κ2) is 9.54. The zero-order valence-electron chi connectivity index (χ0n) is 16.3. The van der Waals surface area contributed by atoms with Gasteiger partial charge in [-0.15, -0.1) is 0 Å². The van der Waals surface area contributed by atoms with Gasteiger partial charge in [-0.2, -0.15) is 18.2 Å². The number of hydrogen-bond donors (Lipinski definition) is 1. The van der Waals surface area contributed by atoms with Crippen LogP contribution in [-0.4, -0.2) is 16.7 Å². The molecular formula is C21H28F3N3O. The van der Waals surface area contributed by atoms with Gasteiger partial charge in [0.15, 0.2) is 0 Å². The Labute approximate surface area is 163 Å². The largest absolute Gasteiger partial charge is 0.416 e. The number of rotatable bonds is 9. The van der Waals surface area contributed by atoms with Gasteiger partial charge in [0.1, 0.15) is 0 Å². The Kier molecular flexibility index (Phi) is 7.10. The summed E-state index contributed by atoms with van der Waals surface area (Å²) in [6.45, 7) is 3.03. The molecule has 2 aromatic rings. The summed E-state index contributed by atoms with van der Waals surface area (Å²) in [7, 11) is 0. The number of unbranched alkanes of at least 4 members (excludes halogenated alkanes) is 5. The van der Waals surface area contributed by atoms with Crippen molar-refractivity contribution in [1.29, 1.82) is 0 Å². The smallest absolute Gasteiger partial charge is 0.337 e. The minimum absolute atomic E-state index is 0.00434. The summed E-state index contributed by atoms with van der Waals surface area (Å²) in [5, 5.41) is 7.14. The number of halogens is 3. The number of aryl methyl sites for hydroxylation is 1. The predicted octanol–water partition coefficient (Wildman–Crippen LogP) is 6.08. The monoisotopic (exact) mass is 395 g/mol. The molecule has 1 fully saturated rings. The lowest BCUT2D eigenvalue weighted by atomic mass is 9.97. The van der Waals surface area contributed by atoms with E-state index in [4.69, 9.17) is 4.52 Å². The van der Waals surface area contributed by atoms with Crippen LogP contribution in [-0.2, 0) is 12.6 Å². The molecule has 1 aliphatic rings. The van der Waals surface area contributed by atoms with Gasteiger partial charge in [-0.05, 0) is 43.9 Å². The molecule has 0 bridgehead atoms. The molecule has 0 saturated carbocycles. The first-order chi connectivity index (χ1) is 13.5. The van der Waals surface area contributed by atoms with Crippen LogP contribution in [0.4, 0.5) is 13.2 Å². The lowest BCUT2D eigenvalue weighted by Gasteiger charge is -2.14. The maximum Gasteiger partial charge on any atom is 0.416 e. The van der Waals surface area contributed by atoms with Gasteiger partial charge in [0.25, 0.3) is 0 Å². The molecule has 7 heteroatoms. The van der Waals surface area contributed by atoms with E-state index in [2.05, 4.69) is 22.4 Å². The molecule has 0 aliphatic carbocycles. The predicted molar refractivity (Wildman–Crippen MR) is 102 cm³/mol. The lowest BCUT2D eigenvalue weighted by Crippen LogP contribution is -2.13. The van der Waals surface area contributed by atoms with Crippen LogP contribution in [0, 0.1) is 0 Å². The summed E-state index contributed by atoms with van der Waals surface area (Å²) >= 11 is 0. The van der Waals surface area contributed by atoms with Crippen molar-refractivity contribution < 1.29 is 17.7 Å². The molecule has 0 radical (unpaired) electrons. The zero-order chi connectivity index (χ0) is 20.0. The van der Waals surface area contributed by atoms with Crippen LogP contribution in [0.3, 0.4) is 0 Å². The van der Waals surface area contributed by atoms with Crippen molar-refractivity contribution in [2.45, 2.75) is 76.9 Å². The first kappa shape index (κ1) is 20.8. The minimum Gasteiger partial charge on any atom is -0.337 e. The Bertz CT molecular complexity index is 752. The van der Waals surface area contributed by atoms with E-state index in [-0.39, 0.29) is 11.9 Å². The van der Waals surface area contributed by atoms with E-state index in [1.807, 2.05) is 0 Å². The molecule has 28 heavy (non-hydrogen) atoms. The summed E-state index contributed by atoms with van der Waals surface area (Å²) in [4.78, 5) is 4.31. The van der Waals surface area contributed by atoms with Crippen molar-refractivity contribution in [2.75, 3.05) is 6.54 Å². The molecule has 0 spiro atoms. The Morgan fingerprint density at radius 2 is 1.93 bits per heavy atom. The summed E-state index contributed by atoms with van der Waals surface area (Å²) in [5.74, 6) is 0.650. The molecule has 1 saturated heterocycles. The molecular weight excluding hydrogens is 367 g/mol. The highest BCUT2D eigenvalue weighted by Gasteiger charge is 2.34. The lowest BCUT2D eigenvalue weighted by molar-refractivity contribution is -0.138. The van der Waals surface area contributed by atoms with E-state index in [9.17, 15) is 13.2 Å². The van der Waals surface area contributed by atoms with Crippen molar-refractivity contribution in [3.63, 3.8) is 0 Å². The number of hydrogen-bond acceptors (Lipinski definition) is 4. The Morgan fingerprint density at radius 3 is 2.64 bits per heavy atom. The topological polar surface area (TPSA) is 51.0 Å². The van der Waals surface area contributed by atoms with Gasteiger partial charge < -0.3 is 9.84 Å². The van der Waals surface area contributed by atoms with Gasteiger partial charge in [-0.1, -0.05) is 56.3 Å². The van der Waals surface area contributed by atoms with Crippen molar-refractivity contribution >= 4 is 0 Å². The van der Waals surface area contributed by atoms with Crippen LogP contribution < -0.4 is 5.32 Å². The minimum atomic E-state index is -4.40. The molecule has 1 N–H and O–H groups in total. The second-order valence-electron chi connectivity index (χ2n) is 7.49. The Hall–Kier alpha value is -1.89. The number of aromatic nitrogens is 2. The number of benzene rings is 1. The van der Waals surface area contributed by atoms with Crippen molar-refractivity contribution in [3.05, 3.63) is 35.2 Å². The molecule has 1 aromatic heterocycles. The second-order valence-corrected chi connectivity index (χ2v) is 7.49. The molecule has 154 valence electrons. The third kappa shape index (κ3) is 5.34. The Balaban J connectivity index is 1.71. The van der Waals surface area contributed by atoms with Crippen LogP contribution in [0.1, 0.15) is 81.3 Å². The number of alkyl halides is 3. The molecule has 4 nitrogen and oxygen atoms in total. The third-order valence-electron chi connectivity index (χ3n) is 5.27. The van der Waals surface area contributed by atoms with Gasteiger partial charge in [0, 0.05) is 5.56 Å². The van der Waals surface area contributed by atoms with Crippen molar-refractivity contribution in [2.24, 2.45) is 0 Å². The summed E-state index contributed by atoms with van der Waals surface area (Å²) in [5.41, 5.74) is 0.0869. The van der Waals surface area contributed by atoms with Crippen molar-refractivity contribution in [3.8, 4) is 11.4 Å². The highest BCUT2D eigenvalue weighted by Crippen LogP contribution is 2.35. The summed E-state index contributed by atoms with van der Waals surface area (Å²) in [6, 6.07) is 4.38. The van der Waals surface area contributed by atoms with Gasteiger partial charge in [0.2, 0.25) is 11.7 Å². The standard InChI is InChI=1S/C21H28F3N3O/c1-2-3-4-5-6-7-9-15-11-12-16(14-17(15)21(22,23)24)19-26-20(28-27-19)18-10-8-13-25-18/h11-12,14,18,25H,2-10,13H2,1H3/t18-/m0/s1. The highest BCUT2D eigenvalue weighted by molar-refractivity contribution is 5.57. The first-order valence-corrected chi connectivity index (χ1v) is 10.3. The molecule has 1 aliphatic heterocycles. The van der Waals surface area contributed by atoms with Gasteiger partial charge in [-0.25, -0.2) is 0 Å². The first-order valence-electron chi connectivity index (χ1n) is 10.3. The normalized spacial score (nSPS) is 17.4. The quantitative estimate of drug-likeness (QED) is 0.523. The average Bonchev–Trinajstić information content (AvgIpc) is 3.35. The van der Waals surface area contributed by atoms with E-state index in [0.29, 0.717) is 23.4 Å². The number of nitrogens with one attached hydrogen (secondary N) is 1. The summed E-state index contributed by atoms with van der Waals surface area (Å²) in [6.07, 6.45) is 4.26. The van der Waals surface area contributed by atoms with E-state index < -0.39 is 11.7 Å². The maximum atomic E-state index is 13.6. The van der Waals surface area contributed by atoms with Crippen LogP contribution >= 0.6 is 0 Å². The molecule has 2 heterocycles. The highest BCUT2D eigenvalue weighted by atomic mass is 19.4. The SMILES string of the molecule is CCCCCCCCc1ccc(-c2noc([C@@H]3CCCN3)n2)cc1C(F)(F)F. The molecule has 0 amide bonds. The van der Waals surface area contributed by atoms with Gasteiger partial charge in [0.05, 0.1) is 11.6 Å². The molecule has 0 unspecified atom stereocenters. The summed E-state index contributed by atoms with van der Waals surface area (Å²) < 4.78 is 46.1. The average molecular weight is 395 g/mol. The van der Waals surface area contributed by atoms with Crippen LogP contribution in [0.5, 0.6) is 0 Å². The third-order valence-corrected chi connectivity index (χ3v) is 5.27. The zero-order valence-corrected chi connectivity index (χ0v) is 16.3. The number of nitrogens with zero attached hydrogens (tertiary/aromatic N) is 2. The molecule has 1 atom stereocenters. The van der Waals surface area contributed by atoms with E-state index in [0.717, 1.165) is 57.6 Å². The van der Waals surface area contributed by atoms with Crippen LogP contribution in [0.25, 0.3) is 11.4 Å².